The van der Waals surface area contributed by atoms with E-state index in [-0.39, 0.29) is 31.1 Å². The van der Waals surface area contributed by atoms with Crippen LogP contribution in [0.15, 0.2) is 36.5 Å². The molecule has 0 N–H and O–H groups in total. The van der Waals surface area contributed by atoms with Crippen LogP contribution in [0.4, 0.5) is 0 Å². The highest BCUT2D eigenvalue weighted by molar-refractivity contribution is 5.71. The van der Waals surface area contributed by atoms with Gasteiger partial charge in [-0.25, -0.2) is 0 Å². The van der Waals surface area contributed by atoms with E-state index in [4.69, 9.17) is 14.2 Å². The average Bonchev–Trinajstić information content (AvgIpc) is 3.34. The summed E-state index contributed by atoms with van der Waals surface area (Å²) in [5, 5.41) is 0. The molecule has 6 nitrogen and oxygen atoms in total. The Bertz CT molecular complexity index is 1140. The number of rotatable bonds is 55. The summed E-state index contributed by atoms with van der Waals surface area (Å²) in [5.41, 5.74) is 0. The highest BCUT2D eigenvalue weighted by atomic mass is 16.6. The zero-order valence-corrected chi connectivity index (χ0v) is 45.6. The number of esters is 3. The zero-order chi connectivity index (χ0) is 49.3. The molecular formula is C62H114O6. The van der Waals surface area contributed by atoms with Crippen LogP contribution in [-0.4, -0.2) is 37.2 Å². The van der Waals surface area contributed by atoms with Crippen molar-refractivity contribution in [2.24, 2.45) is 0 Å². The lowest BCUT2D eigenvalue weighted by Gasteiger charge is -2.18. The van der Waals surface area contributed by atoms with E-state index in [0.717, 1.165) is 77.0 Å². The third-order valence-corrected chi connectivity index (χ3v) is 13.4. The van der Waals surface area contributed by atoms with Crippen molar-refractivity contribution in [2.75, 3.05) is 13.2 Å². The summed E-state index contributed by atoms with van der Waals surface area (Å²) in [5.74, 6) is -0.864. The topological polar surface area (TPSA) is 78.9 Å². The zero-order valence-electron chi connectivity index (χ0n) is 45.6. The number of unbranched alkanes of at least 4 members (excludes halogenated alkanes) is 38. The number of hydrogen-bond donors (Lipinski definition) is 0. The highest BCUT2D eigenvalue weighted by Crippen LogP contribution is 2.17. The number of allylic oxidation sites excluding steroid dienone is 6. The van der Waals surface area contributed by atoms with Gasteiger partial charge < -0.3 is 14.2 Å². The first kappa shape index (κ1) is 65.6. The second-order valence-electron chi connectivity index (χ2n) is 20.3. The molecule has 0 amide bonds. The van der Waals surface area contributed by atoms with Gasteiger partial charge in [0.15, 0.2) is 6.10 Å². The largest absolute Gasteiger partial charge is 0.462 e. The third-order valence-electron chi connectivity index (χ3n) is 13.4. The van der Waals surface area contributed by atoms with Gasteiger partial charge in [-0.2, -0.15) is 0 Å². The molecule has 0 fully saturated rings. The summed E-state index contributed by atoms with van der Waals surface area (Å²) in [7, 11) is 0. The Kier molecular flexibility index (Phi) is 55.2. The normalized spacial score (nSPS) is 12.2. The van der Waals surface area contributed by atoms with E-state index in [9.17, 15) is 14.4 Å². The molecule has 0 aromatic heterocycles. The van der Waals surface area contributed by atoms with Gasteiger partial charge in [-0.1, -0.05) is 282 Å². The fraction of sp³-hybridized carbons (Fsp3) is 0.855. The van der Waals surface area contributed by atoms with Crippen LogP contribution in [0, 0.1) is 0 Å². The quantitative estimate of drug-likeness (QED) is 0.0262. The molecule has 1 unspecified atom stereocenters. The Balaban J connectivity index is 4.32. The first-order valence-corrected chi connectivity index (χ1v) is 30.0. The van der Waals surface area contributed by atoms with Crippen molar-refractivity contribution in [3.63, 3.8) is 0 Å². The van der Waals surface area contributed by atoms with Crippen LogP contribution in [0.2, 0.25) is 0 Å². The van der Waals surface area contributed by atoms with Crippen molar-refractivity contribution in [3.05, 3.63) is 36.5 Å². The molecule has 0 rings (SSSR count). The Labute approximate surface area is 423 Å². The van der Waals surface area contributed by atoms with Crippen molar-refractivity contribution < 1.29 is 28.6 Å². The minimum absolute atomic E-state index is 0.0714. The fourth-order valence-corrected chi connectivity index (χ4v) is 8.86. The summed E-state index contributed by atoms with van der Waals surface area (Å²) in [4.78, 5) is 38.2. The number of carbonyl (C=O) groups is 3. The first-order chi connectivity index (χ1) is 33.5. The van der Waals surface area contributed by atoms with Gasteiger partial charge in [-0.15, -0.1) is 0 Å². The number of carbonyl (C=O) groups excluding carboxylic acids is 3. The minimum atomic E-state index is -0.773. The van der Waals surface area contributed by atoms with Gasteiger partial charge in [0.05, 0.1) is 0 Å². The molecule has 0 aliphatic carbocycles. The van der Waals surface area contributed by atoms with Gasteiger partial charge in [0.1, 0.15) is 13.2 Å². The Morgan fingerprint density at radius 2 is 0.529 bits per heavy atom. The van der Waals surface area contributed by atoms with Crippen LogP contribution in [0.25, 0.3) is 0 Å². The number of hydrogen-bond acceptors (Lipinski definition) is 6. The second kappa shape index (κ2) is 57.2. The molecule has 0 saturated carbocycles. The smallest absolute Gasteiger partial charge is 0.306 e. The lowest BCUT2D eigenvalue weighted by Crippen LogP contribution is -2.30. The molecule has 0 radical (unpaired) electrons. The average molecular weight is 956 g/mol. The van der Waals surface area contributed by atoms with Crippen LogP contribution < -0.4 is 0 Å². The molecule has 0 bridgehead atoms. The summed E-state index contributed by atoms with van der Waals surface area (Å²) in [6.07, 6.45) is 68.5. The van der Waals surface area contributed by atoms with Gasteiger partial charge in [0.25, 0.3) is 0 Å². The molecule has 1 atom stereocenters. The maximum absolute atomic E-state index is 12.9. The summed E-state index contributed by atoms with van der Waals surface area (Å²) < 4.78 is 16.9. The molecule has 0 aromatic carbocycles. The summed E-state index contributed by atoms with van der Waals surface area (Å²) >= 11 is 0. The molecule has 0 aromatic rings. The third kappa shape index (κ3) is 54.6. The Hall–Kier alpha value is -2.37. The van der Waals surface area contributed by atoms with Gasteiger partial charge in [-0.05, 0) is 57.8 Å². The summed E-state index contributed by atoms with van der Waals surface area (Å²) in [6.45, 7) is 6.65. The van der Waals surface area contributed by atoms with E-state index < -0.39 is 6.10 Å². The van der Waals surface area contributed by atoms with E-state index in [0.29, 0.717) is 19.3 Å². The second-order valence-corrected chi connectivity index (χ2v) is 20.3. The number of ether oxygens (including phenoxy) is 3. The molecule has 0 heterocycles. The fourth-order valence-electron chi connectivity index (χ4n) is 8.86. The Morgan fingerprint density at radius 1 is 0.294 bits per heavy atom. The SMILES string of the molecule is CCCCC/C=C\C/C=C\C/C=C\CCCCCCCCC(=O)OCC(COC(=O)CCCCCCCCCCCCCC)OC(=O)CCCCCCCCCCCCCCCCCCCCC. The van der Waals surface area contributed by atoms with Gasteiger partial charge >= 0.3 is 17.9 Å². The van der Waals surface area contributed by atoms with Crippen LogP contribution in [0.5, 0.6) is 0 Å². The molecule has 398 valence electrons. The van der Waals surface area contributed by atoms with E-state index in [1.54, 1.807) is 0 Å². The van der Waals surface area contributed by atoms with E-state index >= 15 is 0 Å². The first-order valence-electron chi connectivity index (χ1n) is 30.0. The van der Waals surface area contributed by atoms with Crippen LogP contribution in [0.1, 0.15) is 323 Å². The standard InChI is InChI=1S/C62H114O6/c1-4-7-10-13-16-19-22-25-27-29-31-33-35-37-40-43-46-49-52-55-61(64)67-58-59(57-66-60(63)54-51-48-45-42-39-24-21-18-15-12-9-6-3)68-62(65)56-53-50-47-44-41-38-36-34-32-30-28-26-23-20-17-14-11-8-5-2/h16,19,25,27,31,33,59H,4-15,17-18,20-24,26,28-30,32,34-58H2,1-3H3/b19-16-,27-25-,33-31-. The molecule has 0 aliphatic heterocycles. The predicted octanol–water partition coefficient (Wildman–Crippen LogP) is 20.0. The molecule has 0 saturated heterocycles. The van der Waals surface area contributed by atoms with Crippen molar-refractivity contribution in [2.45, 2.75) is 329 Å². The van der Waals surface area contributed by atoms with Gasteiger partial charge in [-0.3, -0.25) is 14.4 Å². The molecule has 0 aliphatic rings. The molecule has 0 spiro atoms. The minimum Gasteiger partial charge on any atom is -0.462 e. The molecule has 6 heteroatoms. The van der Waals surface area contributed by atoms with Crippen LogP contribution in [-0.2, 0) is 28.6 Å². The van der Waals surface area contributed by atoms with Crippen LogP contribution in [0.3, 0.4) is 0 Å². The van der Waals surface area contributed by atoms with Crippen LogP contribution >= 0.6 is 0 Å². The summed E-state index contributed by atoms with van der Waals surface area (Å²) in [6, 6.07) is 0. The lowest BCUT2D eigenvalue weighted by atomic mass is 10.0. The van der Waals surface area contributed by atoms with E-state index in [2.05, 4.69) is 57.2 Å². The van der Waals surface area contributed by atoms with Gasteiger partial charge in [0, 0.05) is 19.3 Å². The van der Waals surface area contributed by atoms with Gasteiger partial charge in [0.2, 0.25) is 0 Å². The van der Waals surface area contributed by atoms with Crippen molar-refractivity contribution in [1.82, 2.24) is 0 Å². The Morgan fingerprint density at radius 3 is 0.853 bits per heavy atom. The monoisotopic (exact) mass is 955 g/mol. The lowest BCUT2D eigenvalue weighted by molar-refractivity contribution is -0.167. The highest BCUT2D eigenvalue weighted by Gasteiger charge is 2.19. The van der Waals surface area contributed by atoms with E-state index in [1.807, 2.05) is 0 Å². The van der Waals surface area contributed by atoms with Crippen molar-refractivity contribution >= 4 is 17.9 Å². The van der Waals surface area contributed by atoms with E-state index in [1.165, 1.54) is 205 Å². The maximum atomic E-state index is 12.9. The van der Waals surface area contributed by atoms with Crippen molar-refractivity contribution in [1.29, 1.82) is 0 Å². The van der Waals surface area contributed by atoms with Crippen molar-refractivity contribution in [3.8, 4) is 0 Å². The maximum Gasteiger partial charge on any atom is 0.306 e. The predicted molar refractivity (Wildman–Crippen MR) is 293 cm³/mol. The molecule has 68 heavy (non-hydrogen) atoms. The molecular weight excluding hydrogens is 841 g/mol.